The number of nitrogens with one attached hydrogen (secondary N) is 1. The van der Waals surface area contributed by atoms with Crippen LogP contribution >= 0.6 is 35.1 Å². The zero-order valence-corrected chi connectivity index (χ0v) is 16.1. The SMILES string of the molecule is CNC1CCc2c1cn(Sc1cccc(Cl)c1)c2-c1ccccc1Cl. The highest BCUT2D eigenvalue weighted by molar-refractivity contribution is 7.98. The van der Waals surface area contributed by atoms with Crippen molar-refractivity contribution in [1.29, 1.82) is 0 Å². The summed E-state index contributed by atoms with van der Waals surface area (Å²) in [5.74, 6) is 0. The third-order valence-electron chi connectivity index (χ3n) is 4.65. The van der Waals surface area contributed by atoms with Gasteiger partial charge in [0.25, 0.3) is 0 Å². The first-order valence-corrected chi connectivity index (χ1v) is 9.80. The van der Waals surface area contributed by atoms with Crippen LogP contribution in [0.3, 0.4) is 0 Å². The second kappa shape index (κ2) is 7.08. The van der Waals surface area contributed by atoms with Crippen LogP contribution in [0.4, 0.5) is 0 Å². The van der Waals surface area contributed by atoms with Gasteiger partial charge in [0.1, 0.15) is 0 Å². The molecule has 1 atom stereocenters. The standard InChI is InChI=1S/C20H18Cl2N2S/c1-23-19-10-9-15-17(19)12-24(25-14-6-4-5-13(21)11-14)20(15)16-7-2-3-8-18(16)22/h2-8,11-12,19,23H,9-10H2,1H3. The normalized spacial score (nSPS) is 16.2. The van der Waals surface area contributed by atoms with Crippen molar-refractivity contribution in [2.75, 3.05) is 7.05 Å². The molecular formula is C20H18Cl2N2S. The van der Waals surface area contributed by atoms with Gasteiger partial charge in [-0.05, 0) is 67.2 Å². The Kier molecular flexibility index (Phi) is 4.83. The smallest absolute Gasteiger partial charge is 0.0644 e. The Morgan fingerprint density at radius 3 is 2.72 bits per heavy atom. The van der Waals surface area contributed by atoms with E-state index >= 15 is 0 Å². The van der Waals surface area contributed by atoms with Gasteiger partial charge in [-0.15, -0.1) is 0 Å². The van der Waals surface area contributed by atoms with Gasteiger partial charge in [-0.2, -0.15) is 0 Å². The van der Waals surface area contributed by atoms with Crippen LogP contribution in [0.2, 0.25) is 10.0 Å². The molecule has 0 fully saturated rings. The van der Waals surface area contributed by atoms with Gasteiger partial charge < -0.3 is 5.32 Å². The zero-order valence-electron chi connectivity index (χ0n) is 13.8. The molecule has 5 heteroatoms. The van der Waals surface area contributed by atoms with Crippen molar-refractivity contribution in [2.45, 2.75) is 23.8 Å². The molecule has 1 heterocycles. The monoisotopic (exact) mass is 388 g/mol. The molecule has 1 unspecified atom stereocenters. The molecule has 3 aromatic rings. The summed E-state index contributed by atoms with van der Waals surface area (Å²) in [6.45, 7) is 0. The fourth-order valence-electron chi connectivity index (χ4n) is 3.49. The summed E-state index contributed by atoms with van der Waals surface area (Å²) in [6.07, 6.45) is 4.43. The summed E-state index contributed by atoms with van der Waals surface area (Å²) in [4.78, 5) is 1.11. The maximum atomic E-state index is 6.53. The largest absolute Gasteiger partial charge is 0.313 e. The molecular weight excluding hydrogens is 371 g/mol. The molecule has 0 saturated heterocycles. The molecule has 1 aromatic heterocycles. The number of rotatable bonds is 4. The summed E-state index contributed by atoms with van der Waals surface area (Å²) in [7, 11) is 2.02. The highest BCUT2D eigenvalue weighted by atomic mass is 35.5. The number of hydrogen-bond donors (Lipinski definition) is 1. The van der Waals surface area contributed by atoms with Gasteiger partial charge in [-0.3, -0.25) is 3.97 Å². The van der Waals surface area contributed by atoms with Gasteiger partial charge in [-0.1, -0.05) is 47.5 Å². The van der Waals surface area contributed by atoms with Crippen molar-refractivity contribution in [3.8, 4) is 11.3 Å². The first kappa shape index (κ1) is 17.0. The van der Waals surface area contributed by atoms with Crippen LogP contribution in [0.15, 0.2) is 59.6 Å². The van der Waals surface area contributed by atoms with E-state index < -0.39 is 0 Å². The molecule has 0 saturated carbocycles. The van der Waals surface area contributed by atoms with Crippen LogP contribution in [0.25, 0.3) is 11.3 Å². The minimum atomic E-state index is 0.400. The van der Waals surface area contributed by atoms with Crippen LogP contribution in [0.5, 0.6) is 0 Å². The predicted molar refractivity (Wildman–Crippen MR) is 108 cm³/mol. The molecule has 1 N–H and O–H groups in total. The molecule has 4 rings (SSSR count). The third kappa shape index (κ3) is 3.22. The highest BCUT2D eigenvalue weighted by Gasteiger charge is 2.29. The van der Waals surface area contributed by atoms with E-state index in [-0.39, 0.29) is 0 Å². The summed E-state index contributed by atoms with van der Waals surface area (Å²) in [5, 5.41) is 4.95. The van der Waals surface area contributed by atoms with Gasteiger partial charge >= 0.3 is 0 Å². The Morgan fingerprint density at radius 1 is 1.12 bits per heavy atom. The van der Waals surface area contributed by atoms with Crippen LogP contribution in [-0.4, -0.2) is 11.0 Å². The summed E-state index contributed by atoms with van der Waals surface area (Å²) in [5.41, 5.74) is 5.04. The zero-order chi connectivity index (χ0) is 17.4. The molecule has 1 aliphatic carbocycles. The molecule has 0 amide bonds. The van der Waals surface area contributed by atoms with Crippen molar-refractivity contribution in [3.05, 3.63) is 75.9 Å². The predicted octanol–water partition coefficient (Wildman–Crippen LogP) is 6.22. The second-order valence-corrected chi connectivity index (χ2v) is 8.04. The topological polar surface area (TPSA) is 17.0 Å². The van der Waals surface area contributed by atoms with Crippen molar-refractivity contribution >= 4 is 35.1 Å². The van der Waals surface area contributed by atoms with E-state index in [0.717, 1.165) is 33.3 Å². The van der Waals surface area contributed by atoms with E-state index in [1.165, 1.54) is 16.8 Å². The molecule has 0 spiro atoms. The molecule has 25 heavy (non-hydrogen) atoms. The lowest BCUT2D eigenvalue weighted by Crippen LogP contribution is -2.12. The summed E-state index contributed by atoms with van der Waals surface area (Å²) < 4.78 is 2.24. The number of aromatic nitrogens is 1. The lowest BCUT2D eigenvalue weighted by atomic mass is 10.1. The minimum absolute atomic E-state index is 0.400. The Labute approximate surface area is 162 Å². The molecule has 2 nitrogen and oxygen atoms in total. The average Bonchev–Trinajstić information content (AvgIpc) is 3.14. The lowest BCUT2D eigenvalue weighted by Gasteiger charge is -2.12. The van der Waals surface area contributed by atoms with Gasteiger partial charge in [0.15, 0.2) is 0 Å². The highest BCUT2D eigenvalue weighted by Crippen LogP contribution is 2.44. The maximum Gasteiger partial charge on any atom is 0.0644 e. The summed E-state index contributed by atoms with van der Waals surface area (Å²) in [6, 6.07) is 16.4. The average molecular weight is 389 g/mol. The number of benzene rings is 2. The van der Waals surface area contributed by atoms with Crippen molar-refractivity contribution < 1.29 is 0 Å². The van der Waals surface area contributed by atoms with Crippen LogP contribution in [-0.2, 0) is 6.42 Å². The van der Waals surface area contributed by atoms with Gasteiger partial charge in [-0.25, -0.2) is 0 Å². The van der Waals surface area contributed by atoms with Crippen LogP contribution < -0.4 is 5.32 Å². The van der Waals surface area contributed by atoms with Gasteiger partial charge in [0, 0.05) is 32.7 Å². The number of fused-ring (bicyclic) bond motifs is 1. The molecule has 2 aromatic carbocycles. The fraction of sp³-hybridized carbons (Fsp3) is 0.200. The molecule has 128 valence electrons. The van der Waals surface area contributed by atoms with Crippen molar-refractivity contribution in [3.63, 3.8) is 0 Å². The lowest BCUT2D eigenvalue weighted by molar-refractivity contribution is 0.588. The van der Waals surface area contributed by atoms with E-state index in [2.05, 4.69) is 27.6 Å². The Hall–Kier alpha value is -1.39. The van der Waals surface area contributed by atoms with E-state index in [1.54, 1.807) is 11.9 Å². The first-order chi connectivity index (χ1) is 12.2. The molecule has 1 aliphatic rings. The summed E-state index contributed by atoms with van der Waals surface area (Å²) >= 11 is 14.4. The second-order valence-electron chi connectivity index (χ2n) is 6.15. The van der Waals surface area contributed by atoms with Crippen LogP contribution in [0, 0.1) is 0 Å². The van der Waals surface area contributed by atoms with E-state index in [1.807, 2.05) is 43.4 Å². The Balaban J connectivity index is 1.85. The number of hydrogen-bond acceptors (Lipinski definition) is 2. The van der Waals surface area contributed by atoms with Crippen molar-refractivity contribution in [2.24, 2.45) is 0 Å². The van der Waals surface area contributed by atoms with E-state index in [4.69, 9.17) is 23.2 Å². The van der Waals surface area contributed by atoms with E-state index in [0.29, 0.717) is 6.04 Å². The molecule has 0 aliphatic heterocycles. The molecule has 0 bridgehead atoms. The maximum absolute atomic E-state index is 6.53. The van der Waals surface area contributed by atoms with Gasteiger partial charge in [0.2, 0.25) is 0 Å². The van der Waals surface area contributed by atoms with Crippen LogP contribution in [0.1, 0.15) is 23.6 Å². The molecule has 0 radical (unpaired) electrons. The fourth-order valence-corrected chi connectivity index (χ4v) is 4.98. The third-order valence-corrected chi connectivity index (χ3v) is 6.16. The Bertz CT molecular complexity index is 920. The first-order valence-electron chi connectivity index (χ1n) is 8.27. The van der Waals surface area contributed by atoms with Gasteiger partial charge in [0.05, 0.1) is 5.69 Å². The quantitative estimate of drug-likeness (QED) is 0.570. The number of halogens is 2. The van der Waals surface area contributed by atoms with E-state index in [9.17, 15) is 0 Å². The minimum Gasteiger partial charge on any atom is -0.313 e. The Morgan fingerprint density at radius 2 is 1.96 bits per heavy atom. The number of nitrogens with zero attached hydrogens (tertiary/aromatic N) is 1. The van der Waals surface area contributed by atoms with Crippen molar-refractivity contribution in [1.82, 2.24) is 9.29 Å².